The van der Waals surface area contributed by atoms with E-state index in [0.29, 0.717) is 12.4 Å². The molecule has 0 amide bonds. The Labute approximate surface area is 82.4 Å². The number of pyridine rings is 1. The first-order chi connectivity index (χ1) is 6.79. The molecule has 0 unspecified atom stereocenters. The van der Waals surface area contributed by atoms with Gasteiger partial charge in [-0.3, -0.25) is 9.36 Å². The van der Waals surface area contributed by atoms with Gasteiger partial charge in [0, 0.05) is 6.20 Å². The van der Waals surface area contributed by atoms with Gasteiger partial charge in [-0.2, -0.15) is 5.26 Å². The Balaban J connectivity index is 2.91. The minimum Gasteiger partial charge on any atom is -0.488 e. The fourth-order valence-electron chi connectivity index (χ4n) is 1.04. The topological polar surface area (TPSA) is 55.0 Å². The van der Waals surface area contributed by atoms with Crippen LogP contribution in [0.2, 0.25) is 0 Å². The SMILES string of the molecule is CCCOc1cccn(CC#N)c1=O. The normalized spacial score (nSPS) is 9.43. The molecule has 14 heavy (non-hydrogen) atoms. The molecule has 0 bridgehead atoms. The largest absolute Gasteiger partial charge is 0.488 e. The predicted molar refractivity (Wildman–Crippen MR) is 52.1 cm³/mol. The van der Waals surface area contributed by atoms with Gasteiger partial charge in [0.1, 0.15) is 6.54 Å². The Hall–Kier alpha value is -1.76. The van der Waals surface area contributed by atoms with Crippen LogP contribution >= 0.6 is 0 Å². The maximum absolute atomic E-state index is 11.6. The van der Waals surface area contributed by atoms with Crippen molar-refractivity contribution in [3.63, 3.8) is 0 Å². The zero-order valence-electron chi connectivity index (χ0n) is 8.06. The predicted octanol–water partition coefficient (Wildman–Crippen LogP) is 1.16. The molecule has 0 aliphatic rings. The van der Waals surface area contributed by atoms with Crippen molar-refractivity contribution in [1.82, 2.24) is 4.57 Å². The van der Waals surface area contributed by atoms with Gasteiger partial charge in [0.25, 0.3) is 5.56 Å². The van der Waals surface area contributed by atoms with Crippen molar-refractivity contribution in [2.75, 3.05) is 6.61 Å². The number of rotatable bonds is 4. The van der Waals surface area contributed by atoms with Crippen molar-refractivity contribution in [3.05, 3.63) is 28.7 Å². The van der Waals surface area contributed by atoms with Crippen LogP contribution in [0.5, 0.6) is 5.75 Å². The summed E-state index contributed by atoms with van der Waals surface area (Å²) in [5.41, 5.74) is -0.248. The third kappa shape index (κ3) is 2.36. The Kier molecular flexibility index (Phi) is 3.74. The second kappa shape index (κ2) is 5.07. The van der Waals surface area contributed by atoms with Crippen LogP contribution in [-0.4, -0.2) is 11.2 Å². The lowest BCUT2D eigenvalue weighted by Crippen LogP contribution is -2.20. The van der Waals surface area contributed by atoms with Gasteiger partial charge < -0.3 is 4.74 Å². The molecule has 0 atom stereocenters. The third-order valence-corrected chi connectivity index (χ3v) is 1.69. The van der Waals surface area contributed by atoms with Crippen LogP contribution in [0.3, 0.4) is 0 Å². The quantitative estimate of drug-likeness (QED) is 0.719. The van der Waals surface area contributed by atoms with Crippen molar-refractivity contribution in [2.24, 2.45) is 0 Å². The van der Waals surface area contributed by atoms with E-state index in [2.05, 4.69) is 0 Å². The molecule has 0 aliphatic carbocycles. The molecular formula is C10H12N2O2. The highest BCUT2D eigenvalue weighted by atomic mass is 16.5. The molecule has 74 valence electrons. The average molecular weight is 192 g/mol. The third-order valence-electron chi connectivity index (χ3n) is 1.69. The van der Waals surface area contributed by atoms with E-state index < -0.39 is 0 Å². The molecule has 0 saturated heterocycles. The van der Waals surface area contributed by atoms with Gasteiger partial charge in [0.2, 0.25) is 0 Å². The van der Waals surface area contributed by atoms with Crippen LogP contribution in [0.4, 0.5) is 0 Å². The van der Waals surface area contributed by atoms with Crippen LogP contribution in [0.1, 0.15) is 13.3 Å². The number of hydrogen-bond donors (Lipinski definition) is 0. The number of nitrogens with zero attached hydrogens (tertiary/aromatic N) is 2. The lowest BCUT2D eigenvalue weighted by molar-refractivity contribution is 0.310. The summed E-state index contributed by atoms with van der Waals surface area (Å²) < 4.78 is 6.55. The molecule has 0 saturated carbocycles. The summed E-state index contributed by atoms with van der Waals surface area (Å²) >= 11 is 0. The van der Waals surface area contributed by atoms with Crippen molar-refractivity contribution in [2.45, 2.75) is 19.9 Å². The highest BCUT2D eigenvalue weighted by molar-refractivity contribution is 5.17. The average Bonchev–Trinajstić information content (AvgIpc) is 2.20. The van der Waals surface area contributed by atoms with Gasteiger partial charge in [-0.05, 0) is 18.6 Å². The summed E-state index contributed by atoms with van der Waals surface area (Å²) in [6, 6.07) is 5.23. The molecule has 1 aromatic heterocycles. The second-order valence-corrected chi connectivity index (χ2v) is 2.81. The fourth-order valence-corrected chi connectivity index (χ4v) is 1.04. The Morgan fingerprint density at radius 2 is 2.43 bits per heavy atom. The van der Waals surface area contributed by atoms with Crippen LogP contribution in [0.15, 0.2) is 23.1 Å². The maximum atomic E-state index is 11.6. The van der Waals surface area contributed by atoms with Crippen molar-refractivity contribution >= 4 is 0 Å². The Bertz CT molecular complexity index is 390. The lowest BCUT2D eigenvalue weighted by Gasteiger charge is -2.05. The summed E-state index contributed by atoms with van der Waals surface area (Å²) in [7, 11) is 0. The number of ether oxygens (including phenoxy) is 1. The summed E-state index contributed by atoms with van der Waals surface area (Å²) in [4.78, 5) is 11.6. The molecule has 0 N–H and O–H groups in total. The summed E-state index contributed by atoms with van der Waals surface area (Å²) in [6.45, 7) is 2.55. The van der Waals surface area contributed by atoms with Crippen molar-refractivity contribution < 1.29 is 4.74 Å². The molecular weight excluding hydrogens is 180 g/mol. The van der Waals surface area contributed by atoms with Gasteiger partial charge in [0.05, 0.1) is 12.7 Å². The molecule has 0 radical (unpaired) electrons. The zero-order chi connectivity index (χ0) is 10.4. The van der Waals surface area contributed by atoms with Crippen LogP contribution in [0.25, 0.3) is 0 Å². The monoisotopic (exact) mass is 192 g/mol. The summed E-state index contributed by atoms with van der Waals surface area (Å²) in [5.74, 6) is 0.310. The van der Waals surface area contributed by atoms with Gasteiger partial charge in [-0.25, -0.2) is 0 Å². The molecule has 0 fully saturated rings. The minimum atomic E-state index is -0.248. The molecule has 4 heteroatoms. The van der Waals surface area contributed by atoms with Gasteiger partial charge in [-0.15, -0.1) is 0 Å². The first-order valence-corrected chi connectivity index (χ1v) is 4.48. The molecule has 0 aliphatic heterocycles. The van der Waals surface area contributed by atoms with Crippen molar-refractivity contribution in [3.8, 4) is 11.8 Å². The van der Waals surface area contributed by atoms with E-state index in [1.54, 1.807) is 18.3 Å². The highest BCUT2D eigenvalue weighted by Gasteiger charge is 2.02. The minimum absolute atomic E-state index is 0.0577. The van der Waals surface area contributed by atoms with E-state index in [4.69, 9.17) is 10.00 Å². The highest BCUT2D eigenvalue weighted by Crippen LogP contribution is 2.01. The smallest absolute Gasteiger partial charge is 0.293 e. The second-order valence-electron chi connectivity index (χ2n) is 2.81. The van der Waals surface area contributed by atoms with E-state index in [9.17, 15) is 4.79 Å². The first kappa shape index (κ1) is 10.3. The van der Waals surface area contributed by atoms with E-state index in [0.717, 1.165) is 6.42 Å². The van der Waals surface area contributed by atoms with Gasteiger partial charge >= 0.3 is 0 Å². The molecule has 1 rings (SSSR count). The standard InChI is InChI=1S/C10H12N2O2/c1-2-8-14-9-4-3-6-12(7-5-11)10(9)13/h3-4,6H,2,7-8H2,1H3. The van der Waals surface area contributed by atoms with Crippen LogP contribution < -0.4 is 10.3 Å². The summed E-state index contributed by atoms with van der Waals surface area (Å²) in [5, 5.41) is 8.46. The summed E-state index contributed by atoms with van der Waals surface area (Å²) in [6.07, 6.45) is 2.43. The number of hydrogen-bond acceptors (Lipinski definition) is 3. The Morgan fingerprint density at radius 3 is 3.07 bits per heavy atom. The van der Waals surface area contributed by atoms with Crippen LogP contribution in [0, 0.1) is 11.3 Å². The molecule has 0 aromatic carbocycles. The number of nitriles is 1. The number of aromatic nitrogens is 1. The van der Waals surface area contributed by atoms with E-state index in [1.165, 1.54) is 4.57 Å². The van der Waals surface area contributed by atoms with Gasteiger partial charge in [-0.1, -0.05) is 6.92 Å². The lowest BCUT2D eigenvalue weighted by atomic mass is 10.4. The molecule has 1 aromatic rings. The van der Waals surface area contributed by atoms with E-state index in [1.807, 2.05) is 13.0 Å². The maximum Gasteiger partial charge on any atom is 0.293 e. The van der Waals surface area contributed by atoms with E-state index in [-0.39, 0.29) is 12.1 Å². The van der Waals surface area contributed by atoms with E-state index >= 15 is 0 Å². The molecule has 4 nitrogen and oxygen atoms in total. The van der Waals surface area contributed by atoms with Crippen molar-refractivity contribution in [1.29, 1.82) is 5.26 Å². The fraction of sp³-hybridized carbons (Fsp3) is 0.400. The zero-order valence-corrected chi connectivity index (χ0v) is 8.06. The molecule has 1 heterocycles. The van der Waals surface area contributed by atoms with Crippen LogP contribution in [-0.2, 0) is 6.54 Å². The van der Waals surface area contributed by atoms with Gasteiger partial charge in [0.15, 0.2) is 5.75 Å². The Morgan fingerprint density at radius 1 is 1.64 bits per heavy atom. The first-order valence-electron chi connectivity index (χ1n) is 4.48. The molecule has 0 spiro atoms.